The van der Waals surface area contributed by atoms with Crippen molar-refractivity contribution in [1.82, 2.24) is 19.9 Å². The van der Waals surface area contributed by atoms with Gasteiger partial charge in [0.2, 0.25) is 0 Å². The summed E-state index contributed by atoms with van der Waals surface area (Å²) in [5.74, 6) is 0.984. The summed E-state index contributed by atoms with van der Waals surface area (Å²) in [5.41, 5.74) is 0.934. The quantitative estimate of drug-likeness (QED) is 0.884. The Labute approximate surface area is 105 Å². The van der Waals surface area contributed by atoms with Crippen molar-refractivity contribution >= 4 is 0 Å². The van der Waals surface area contributed by atoms with E-state index in [1.54, 1.807) is 19.6 Å². The monoisotopic (exact) mass is 248 g/mol. The topological polar surface area (TPSA) is 67.2 Å². The third-order valence-electron chi connectivity index (χ3n) is 3.38. The molecule has 2 aromatic rings. The number of likely N-dealkylation sites (tertiary alicyclic amines) is 1. The summed E-state index contributed by atoms with van der Waals surface area (Å²) in [6.07, 6.45) is 7.96. The third kappa shape index (κ3) is 2.16. The van der Waals surface area contributed by atoms with Crippen molar-refractivity contribution in [2.45, 2.75) is 25.1 Å². The van der Waals surface area contributed by atoms with Crippen LogP contribution in [0.25, 0.3) is 0 Å². The van der Waals surface area contributed by atoms with E-state index in [1.807, 2.05) is 6.20 Å². The van der Waals surface area contributed by atoms with Gasteiger partial charge in [0.1, 0.15) is 12.1 Å². The Hall–Kier alpha value is -1.66. The van der Waals surface area contributed by atoms with Crippen molar-refractivity contribution in [3.05, 3.63) is 36.6 Å². The fourth-order valence-electron chi connectivity index (χ4n) is 2.47. The molecule has 2 aromatic heterocycles. The Morgan fingerprint density at radius 2 is 2.50 bits per heavy atom. The zero-order valence-electron chi connectivity index (χ0n) is 10.2. The zero-order valence-corrected chi connectivity index (χ0v) is 10.2. The highest BCUT2D eigenvalue weighted by Crippen LogP contribution is 2.32. The average Bonchev–Trinajstić information content (AvgIpc) is 3.10. The molecule has 18 heavy (non-hydrogen) atoms. The molecule has 1 unspecified atom stereocenters. The standard InChI is InChI=1S/C12H16N4O2/c1-17-10-4-11(12-13-2-3-14-12)16(6-10)5-9-7-18-8-15-9/h2-3,7-8,10-11H,4-6H2,1H3,(H,13,14)/t10-,11?/m1/s1. The molecule has 2 atom stereocenters. The van der Waals surface area contributed by atoms with E-state index in [1.165, 1.54) is 6.39 Å². The Morgan fingerprint density at radius 1 is 1.56 bits per heavy atom. The third-order valence-corrected chi connectivity index (χ3v) is 3.38. The first-order valence-corrected chi connectivity index (χ1v) is 6.00. The Kier molecular flexibility index (Phi) is 3.12. The molecule has 0 spiro atoms. The van der Waals surface area contributed by atoms with Crippen LogP contribution in [0, 0.1) is 0 Å². The van der Waals surface area contributed by atoms with Gasteiger partial charge in [-0.1, -0.05) is 0 Å². The van der Waals surface area contributed by atoms with E-state index < -0.39 is 0 Å². The fourth-order valence-corrected chi connectivity index (χ4v) is 2.47. The average molecular weight is 248 g/mol. The van der Waals surface area contributed by atoms with Gasteiger partial charge in [-0.25, -0.2) is 9.97 Å². The second kappa shape index (κ2) is 4.91. The predicted octanol–water partition coefficient (Wildman–Crippen LogP) is 1.36. The van der Waals surface area contributed by atoms with Gasteiger partial charge in [-0.15, -0.1) is 0 Å². The molecule has 0 bridgehead atoms. The van der Waals surface area contributed by atoms with Crippen LogP contribution in [0.4, 0.5) is 0 Å². The van der Waals surface area contributed by atoms with E-state index in [4.69, 9.17) is 9.15 Å². The summed E-state index contributed by atoms with van der Waals surface area (Å²) < 4.78 is 10.5. The van der Waals surface area contributed by atoms with Crippen LogP contribution in [0.3, 0.4) is 0 Å². The first-order chi connectivity index (χ1) is 8.86. The van der Waals surface area contributed by atoms with Crippen molar-refractivity contribution in [3.8, 4) is 0 Å². The lowest BCUT2D eigenvalue weighted by Crippen LogP contribution is -2.25. The van der Waals surface area contributed by atoms with Gasteiger partial charge >= 0.3 is 0 Å². The number of rotatable bonds is 4. The van der Waals surface area contributed by atoms with Crippen LogP contribution < -0.4 is 0 Å². The maximum Gasteiger partial charge on any atom is 0.180 e. The number of ether oxygens (including phenoxy) is 1. The molecule has 6 nitrogen and oxygen atoms in total. The fraction of sp³-hybridized carbons (Fsp3) is 0.500. The minimum absolute atomic E-state index is 0.243. The number of H-pyrrole nitrogens is 1. The van der Waals surface area contributed by atoms with Gasteiger partial charge in [0.05, 0.1) is 17.8 Å². The van der Waals surface area contributed by atoms with Crippen molar-refractivity contribution in [2.75, 3.05) is 13.7 Å². The highest BCUT2D eigenvalue weighted by molar-refractivity contribution is 5.04. The van der Waals surface area contributed by atoms with Gasteiger partial charge in [-0.05, 0) is 6.42 Å². The molecule has 96 valence electrons. The maximum absolute atomic E-state index is 5.46. The van der Waals surface area contributed by atoms with Crippen molar-refractivity contribution in [1.29, 1.82) is 0 Å². The van der Waals surface area contributed by atoms with Crippen LogP contribution in [0.5, 0.6) is 0 Å². The Morgan fingerprint density at radius 3 is 3.17 bits per heavy atom. The van der Waals surface area contributed by atoms with Gasteiger partial charge in [0.25, 0.3) is 0 Å². The minimum Gasteiger partial charge on any atom is -0.451 e. The lowest BCUT2D eigenvalue weighted by molar-refractivity contribution is 0.107. The number of methoxy groups -OCH3 is 1. The maximum atomic E-state index is 5.46. The Bertz CT molecular complexity index is 468. The van der Waals surface area contributed by atoms with E-state index in [2.05, 4.69) is 19.9 Å². The molecule has 0 amide bonds. The number of imidazole rings is 1. The molecule has 6 heteroatoms. The van der Waals surface area contributed by atoms with Crippen LogP contribution in [0.1, 0.15) is 24.0 Å². The van der Waals surface area contributed by atoms with E-state index >= 15 is 0 Å². The molecule has 0 saturated carbocycles. The van der Waals surface area contributed by atoms with Crippen LogP contribution in [-0.2, 0) is 11.3 Å². The van der Waals surface area contributed by atoms with Gasteiger partial charge in [-0.2, -0.15) is 0 Å². The summed E-state index contributed by atoms with van der Waals surface area (Å²) in [5, 5.41) is 0. The molecule has 1 aliphatic heterocycles. The molecule has 3 heterocycles. The number of nitrogens with one attached hydrogen (secondary N) is 1. The van der Waals surface area contributed by atoms with E-state index in [0.29, 0.717) is 0 Å². The van der Waals surface area contributed by atoms with Gasteiger partial charge < -0.3 is 14.1 Å². The summed E-state index contributed by atoms with van der Waals surface area (Å²) in [7, 11) is 1.75. The lowest BCUT2D eigenvalue weighted by Gasteiger charge is -2.21. The van der Waals surface area contributed by atoms with Crippen LogP contribution >= 0.6 is 0 Å². The van der Waals surface area contributed by atoms with Crippen molar-refractivity contribution in [3.63, 3.8) is 0 Å². The highest BCUT2D eigenvalue weighted by atomic mass is 16.5. The van der Waals surface area contributed by atoms with Crippen molar-refractivity contribution < 1.29 is 9.15 Å². The molecule has 1 aliphatic rings. The molecule has 3 rings (SSSR count). The summed E-state index contributed by atoms with van der Waals surface area (Å²) in [6.45, 7) is 1.64. The molecule has 1 fully saturated rings. The first kappa shape index (κ1) is 11.4. The second-order valence-corrected chi connectivity index (χ2v) is 4.49. The predicted molar refractivity (Wildman–Crippen MR) is 63.7 cm³/mol. The molecule has 0 radical (unpaired) electrons. The summed E-state index contributed by atoms with van der Waals surface area (Å²) in [4.78, 5) is 14.0. The number of aromatic nitrogens is 3. The van der Waals surface area contributed by atoms with E-state index in [0.717, 1.165) is 31.0 Å². The van der Waals surface area contributed by atoms with Gasteiger partial charge in [0.15, 0.2) is 6.39 Å². The lowest BCUT2D eigenvalue weighted by atomic mass is 10.2. The SMILES string of the molecule is CO[C@@H]1CC(c2ncc[nH]2)N(Cc2cocn2)C1. The Balaban J connectivity index is 1.77. The highest BCUT2D eigenvalue weighted by Gasteiger charge is 2.34. The number of hydrogen-bond acceptors (Lipinski definition) is 5. The molecular weight excluding hydrogens is 232 g/mol. The molecule has 1 N–H and O–H groups in total. The van der Waals surface area contributed by atoms with Crippen LogP contribution in [0.2, 0.25) is 0 Å². The van der Waals surface area contributed by atoms with Crippen molar-refractivity contribution in [2.24, 2.45) is 0 Å². The second-order valence-electron chi connectivity index (χ2n) is 4.49. The van der Waals surface area contributed by atoms with E-state index in [-0.39, 0.29) is 12.1 Å². The summed E-state index contributed by atoms with van der Waals surface area (Å²) >= 11 is 0. The van der Waals surface area contributed by atoms with Gasteiger partial charge in [-0.3, -0.25) is 4.90 Å². The number of aromatic amines is 1. The minimum atomic E-state index is 0.243. The largest absolute Gasteiger partial charge is 0.451 e. The first-order valence-electron chi connectivity index (χ1n) is 6.00. The normalized spacial score (nSPS) is 24.7. The number of oxazole rings is 1. The molecule has 1 saturated heterocycles. The number of nitrogens with zero attached hydrogens (tertiary/aromatic N) is 3. The van der Waals surface area contributed by atoms with Gasteiger partial charge in [0, 0.05) is 32.6 Å². The van der Waals surface area contributed by atoms with Crippen LogP contribution in [0.15, 0.2) is 29.5 Å². The zero-order chi connectivity index (χ0) is 12.4. The molecular formula is C12H16N4O2. The smallest absolute Gasteiger partial charge is 0.180 e. The summed E-state index contributed by atoms with van der Waals surface area (Å²) in [6, 6.07) is 0.252. The molecule has 0 aliphatic carbocycles. The number of hydrogen-bond donors (Lipinski definition) is 1. The van der Waals surface area contributed by atoms with E-state index in [9.17, 15) is 0 Å². The van der Waals surface area contributed by atoms with Crippen LogP contribution in [-0.4, -0.2) is 39.6 Å². The molecule has 0 aromatic carbocycles.